The van der Waals surface area contributed by atoms with Crippen molar-refractivity contribution in [1.29, 1.82) is 0 Å². The van der Waals surface area contributed by atoms with Crippen molar-refractivity contribution in [3.63, 3.8) is 0 Å². The second-order valence-corrected chi connectivity index (χ2v) is 6.34. The summed E-state index contributed by atoms with van der Waals surface area (Å²) in [6.07, 6.45) is 7.22. The minimum atomic E-state index is -0.0767. The number of aryl methyl sites for hydroxylation is 1. The summed E-state index contributed by atoms with van der Waals surface area (Å²) in [5.41, 5.74) is 1.37. The van der Waals surface area contributed by atoms with Crippen molar-refractivity contribution in [2.45, 2.75) is 32.4 Å². The first-order chi connectivity index (χ1) is 10.1. The van der Waals surface area contributed by atoms with Crippen molar-refractivity contribution in [2.24, 2.45) is 13.0 Å². The number of anilines is 1. The van der Waals surface area contributed by atoms with E-state index in [2.05, 4.69) is 31.4 Å². The van der Waals surface area contributed by atoms with Crippen molar-refractivity contribution in [2.75, 3.05) is 5.32 Å². The van der Waals surface area contributed by atoms with Gasteiger partial charge in [0.05, 0.1) is 22.9 Å². The molecule has 0 bridgehead atoms. The van der Waals surface area contributed by atoms with E-state index in [9.17, 15) is 4.79 Å². The fourth-order valence-corrected chi connectivity index (χ4v) is 2.82. The van der Waals surface area contributed by atoms with Crippen LogP contribution in [0.15, 0.2) is 27.7 Å². The van der Waals surface area contributed by atoms with E-state index in [4.69, 9.17) is 0 Å². The fraction of sp³-hybridized carbons (Fsp3) is 0.500. The van der Waals surface area contributed by atoms with Gasteiger partial charge < -0.3 is 5.32 Å². The molecule has 0 amide bonds. The molecule has 2 aromatic heterocycles. The molecule has 1 N–H and O–H groups in total. The van der Waals surface area contributed by atoms with Crippen LogP contribution < -0.4 is 10.9 Å². The van der Waals surface area contributed by atoms with Gasteiger partial charge in [-0.25, -0.2) is 4.68 Å². The maximum absolute atomic E-state index is 12.5. The summed E-state index contributed by atoms with van der Waals surface area (Å²) < 4.78 is 4.00. The Morgan fingerprint density at radius 3 is 2.90 bits per heavy atom. The van der Waals surface area contributed by atoms with Gasteiger partial charge >= 0.3 is 0 Å². The highest BCUT2D eigenvalue weighted by Gasteiger charge is 2.20. The van der Waals surface area contributed by atoms with Gasteiger partial charge in [0.25, 0.3) is 5.56 Å². The molecule has 0 aliphatic heterocycles. The van der Waals surface area contributed by atoms with Crippen molar-refractivity contribution in [3.05, 3.63) is 39.0 Å². The third kappa shape index (κ3) is 3.18. The van der Waals surface area contributed by atoms with Crippen LogP contribution in [0.2, 0.25) is 0 Å². The Morgan fingerprint density at radius 2 is 2.29 bits per heavy atom. The highest BCUT2D eigenvalue weighted by atomic mass is 79.9. The van der Waals surface area contributed by atoms with E-state index in [0.717, 1.165) is 5.69 Å². The van der Waals surface area contributed by atoms with Crippen molar-refractivity contribution < 1.29 is 0 Å². The maximum Gasteiger partial charge on any atom is 0.291 e. The number of nitrogens with one attached hydrogen (secondary N) is 1. The number of nitrogens with zero attached hydrogens (tertiary/aromatic N) is 4. The van der Waals surface area contributed by atoms with Crippen LogP contribution in [0, 0.1) is 5.92 Å². The fourth-order valence-electron chi connectivity index (χ4n) is 2.42. The second kappa shape index (κ2) is 6.01. The Morgan fingerprint density at radius 1 is 1.48 bits per heavy atom. The molecule has 6 nitrogen and oxygen atoms in total. The molecule has 21 heavy (non-hydrogen) atoms. The molecule has 1 saturated carbocycles. The van der Waals surface area contributed by atoms with Gasteiger partial charge in [-0.1, -0.05) is 6.42 Å². The summed E-state index contributed by atoms with van der Waals surface area (Å²) in [5.74, 6) is 0.597. The van der Waals surface area contributed by atoms with Crippen molar-refractivity contribution >= 4 is 21.6 Å². The smallest absolute Gasteiger partial charge is 0.291 e. The van der Waals surface area contributed by atoms with Crippen LogP contribution in [0.1, 0.15) is 25.0 Å². The summed E-state index contributed by atoms with van der Waals surface area (Å²) in [7, 11) is 1.87. The molecule has 7 heteroatoms. The van der Waals surface area contributed by atoms with Crippen LogP contribution in [0.5, 0.6) is 0 Å². The molecule has 2 aromatic rings. The standard InChI is InChI=1S/C14H18BrN5O/c1-19-6-5-11(18-19)7-16-13-12(15)8-17-20(14(13)21)9-10-3-2-4-10/h5-6,8,10,16H,2-4,7,9H2,1H3. The van der Waals surface area contributed by atoms with E-state index in [0.29, 0.717) is 29.2 Å². The van der Waals surface area contributed by atoms with E-state index in [1.165, 1.54) is 19.3 Å². The molecule has 1 aliphatic carbocycles. The van der Waals surface area contributed by atoms with Crippen LogP contribution in [0.4, 0.5) is 5.69 Å². The topological polar surface area (TPSA) is 64.7 Å². The molecule has 0 spiro atoms. The normalized spacial score (nSPS) is 15.0. The molecule has 112 valence electrons. The van der Waals surface area contributed by atoms with Gasteiger partial charge in [-0.15, -0.1) is 0 Å². The molecule has 0 saturated heterocycles. The molecular weight excluding hydrogens is 334 g/mol. The van der Waals surface area contributed by atoms with E-state index in [1.54, 1.807) is 15.6 Å². The highest BCUT2D eigenvalue weighted by molar-refractivity contribution is 9.10. The number of halogens is 1. The van der Waals surface area contributed by atoms with E-state index in [1.807, 2.05) is 19.3 Å². The Kier molecular flexibility index (Phi) is 4.10. The minimum absolute atomic E-state index is 0.0767. The average Bonchev–Trinajstić information content (AvgIpc) is 2.81. The Labute approximate surface area is 131 Å². The van der Waals surface area contributed by atoms with E-state index >= 15 is 0 Å². The lowest BCUT2D eigenvalue weighted by Crippen LogP contribution is -2.30. The first kappa shape index (κ1) is 14.3. The summed E-state index contributed by atoms with van der Waals surface area (Å²) in [4.78, 5) is 12.5. The monoisotopic (exact) mass is 351 g/mol. The zero-order chi connectivity index (χ0) is 14.8. The van der Waals surface area contributed by atoms with E-state index in [-0.39, 0.29) is 5.56 Å². The largest absolute Gasteiger partial charge is 0.374 e. The summed E-state index contributed by atoms with van der Waals surface area (Å²) in [6, 6.07) is 1.93. The first-order valence-corrected chi connectivity index (χ1v) is 7.91. The van der Waals surface area contributed by atoms with Gasteiger partial charge in [0.15, 0.2) is 0 Å². The quantitative estimate of drug-likeness (QED) is 0.896. The highest BCUT2D eigenvalue weighted by Crippen LogP contribution is 2.27. The molecule has 1 aliphatic rings. The zero-order valence-corrected chi connectivity index (χ0v) is 13.5. The van der Waals surface area contributed by atoms with Gasteiger partial charge in [0.2, 0.25) is 0 Å². The van der Waals surface area contributed by atoms with Gasteiger partial charge in [-0.2, -0.15) is 10.2 Å². The van der Waals surface area contributed by atoms with Gasteiger partial charge in [-0.3, -0.25) is 9.48 Å². The maximum atomic E-state index is 12.5. The van der Waals surface area contributed by atoms with Crippen LogP contribution in [-0.4, -0.2) is 19.6 Å². The SMILES string of the molecule is Cn1ccc(CNc2c(Br)cnn(CC3CCC3)c2=O)n1. The second-order valence-electron chi connectivity index (χ2n) is 5.49. The van der Waals surface area contributed by atoms with Crippen LogP contribution in [-0.2, 0) is 20.1 Å². The van der Waals surface area contributed by atoms with Crippen molar-refractivity contribution in [1.82, 2.24) is 19.6 Å². The number of rotatable bonds is 5. The third-order valence-corrected chi connectivity index (χ3v) is 4.47. The average molecular weight is 352 g/mol. The molecule has 1 fully saturated rings. The molecule has 0 unspecified atom stereocenters. The van der Waals surface area contributed by atoms with Crippen LogP contribution >= 0.6 is 15.9 Å². The Hall–Kier alpha value is -1.63. The summed E-state index contributed by atoms with van der Waals surface area (Å²) >= 11 is 3.39. The lowest BCUT2D eigenvalue weighted by molar-refractivity contribution is 0.262. The van der Waals surface area contributed by atoms with Gasteiger partial charge in [0.1, 0.15) is 5.69 Å². The molecule has 3 rings (SSSR count). The number of hydrogen-bond donors (Lipinski definition) is 1. The van der Waals surface area contributed by atoms with E-state index < -0.39 is 0 Å². The molecular formula is C14H18BrN5O. The zero-order valence-electron chi connectivity index (χ0n) is 11.9. The van der Waals surface area contributed by atoms with Crippen LogP contribution in [0.3, 0.4) is 0 Å². The summed E-state index contributed by atoms with van der Waals surface area (Å²) in [5, 5.41) is 11.7. The first-order valence-electron chi connectivity index (χ1n) is 7.11. The van der Waals surface area contributed by atoms with Gasteiger partial charge in [-0.05, 0) is 40.8 Å². The Balaban J connectivity index is 1.76. The predicted octanol–water partition coefficient (Wildman–Crippen LogP) is 2.15. The number of aromatic nitrogens is 4. The molecule has 2 heterocycles. The predicted molar refractivity (Wildman–Crippen MR) is 84.1 cm³/mol. The minimum Gasteiger partial charge on any atom is -0.374 e. The van der Waals surface area contributed by atoms with Crippen LogP contribution in [0.25, 0.3) is 0 Å². The number of hydrogen-bond acceptors (Lipinski definition) is 4. The molecule has 0 aromatic carbocycles. The lowest BCUT2D eigenvalue weighted by Gasteiger charge is -2.25. The van der Waals surface area contributed by atoms with Gasteiger partial charge in [0, 0.05) is 19.8 Å². The Bertz CT molecular complexity index is 689. The molecule has 0 atom stereocenters. The lowest BCUT2D eigenvalue weighted by atomic mass is 9.85. The van der Waals surface area contributed by atoms with Crippen molar-refractivity contribution in [3.8, 4) is 0 Å². The molecule has 0 radical (unpaired) electrons. The summed E-state index contributed by atoms with van der Waals surface area (Å²) in [6.45, 7) is 1.23. The third-order valence-electron chi connectivity index (χ3n) is 3.87.